The summed E-state index contributed by atoms with van der Waals surface area (Å²) < 4.78 is 44.9. The quantitative estimate of drug-likeness (QED) is 0.0920. The van der Waals surface area contributed by atoms with Gasteiger partial charge in [-0.1, -0.05) is 48.5 Å². The van der Waals surface area contributed by atoms with E-state index < -0.39 is 29.3 Å². The van der Waals surface area contributed by atoms with Crippen molar-refractivity contribution in [2.45, 2.75) is 6.18 Å². The van der Waals surface area contributed by atoms with Gasteiger partial charge in [-0.2, -0.15) is 18.3 Å². The highest BCUT2D eigenvalue weighted by molar-refractivity contribution is 6.59. The lowest BCUT2D eigenvalue weighted by Crippen LogP contribution is -2.30. The van der Waals surface area contributed by atoms with Gasteiger partial charge in [-0.3, -0.25) is 24.6 Å². The van der Waals surface area contributed by atoms with Crippen LogP contribution in [-0.2, 0) is 15.8 Å². The summed E-state index contributed by atoms with van der Waals surface area (Å²) in [6, 6.07) is 30.4. The fourth-order valence-corrected chi connectivity index (χ4v) is 5.25. The second kappa shape index (κ2) is 14.8. The maximum absolute atomic E-state index is 13.8. The lowest BCUT2D eigenvalue weighted by Gasteiger charge is -2.18. The van der Waals surface area contributed by atoms with Gasteiger partial charge in [0.25, 0.3) is 17.7 Å². The minimum Gasteiger partial charge on any atom is -0.495 e. The molecule has 0 atom stereocenters. The summed E-state index contributed by atoms with van der Waals surface area (Å²) >= 11 is 0. The smallest absolute Gasteiger partial charge is 0.416 e. The first-order valence-electron chi connectivity index (χ1n) is 15.6. The van der Waals surface area contributed by atoms with Crippen LogP contribution >= 0.6 is 0 Å². The number of carbonyl (C=O) groups excluding carboxylic acids is 4. The molecule has 52 heavy (non-hydrogen) atoms. The number of ether oxygens (including phenoxy) is 1. The Morgan fingerprint density at radius 2 is 1.29 bits per heavy atom. The molecule has 3 amide bonds. The molecule has 0 aliphatic heterocycles. The number of ketones is 1. The van der Waals surface area contributed by atoms with Crippen LogP contribution in [0.1, 0.15) is 37.4 Å². The minimum absolute atomic E-state index is 0.0573. The van der Waals surface area contributed by atoms with Crippen LogP contribution in [0.25, 0.3) is 6.08 Å². The number of benzene rings is 5. The highest BCUT2D eigenvalue weighted by atomic mass is 19.4. The van der Waals surface area contributed by atoms with Gasteiger partial charge in [-0.25, -0.2) is 0 Å². The van der Waals surface area contributed by atoms with Crippen LogP contribution in [0, 0.1) is 0 Å². The van der Waals surface area contributed by atoms with Crippen molar-refractivity contribution in [3.05, 3.63) is 155 Å². The summed E-state index contributed by atoms with van der Waals surface area (Å²) in [6.07, 6.45) is -3.13. The van der Waals surface area contributed by atoms with Crippen LogP contribution < -0.4 is 26.1 Å². The lowest BCUT2D eigenvalue weighted by atomic mass is 9.89. The number of anilines is 4. The molecule has 0 bridgehead atoms. The van der Waals surface area contributed by atoms with Crippen LogP contribution in [0.4, 0.5) is 35.9 Å². The average molecular weight is 704 g/mol. The zero-order valence-corrected chi connectivity index (χ0v) is 27.2. The molecule has 0 aromatic heterocycles. The van der Waals surface area contributed by atoms with Gasteiger partial charge in [0.15, 0.2) is 0 Å². The molecule has 5 aromatic carbocycles. The average Bonchev–Trinajstić information content (AvgIpc) is 3.15. The second-order valence-electron chi connectivity index (χ2n) is 11.3. The van der Waals surface area contributed by atoms with Crippen LogP contribution in [-0.4, -0.2) is 36.3 Å². The SMILES string of the molecule is COc1ccc(C(=O)Nc2cccc(C(F)(F)F)c2)cc1N/N=C1\C(=O)C(C(=O)Nc2ccc(NC(=O)c3ccccc3)cc2)=Cc2ccccc21. The van der Waals surface area contributed by atoms with Crippen molar-refractivity contribution in [2.24, 2.45) is 5.10 Å². The number of carbonyl (C=O) groups is 4. The summed E-state index contributed by atoms with van der Waals surface area (Å²) in [5, 5.41) is 12.3. The predicted molar refractivity (Wildman–Crippen MR) is 191 cm³/mol. The van der Waals surface area contributed by atoms with Crippen LogP contribution in [0.15, 0.2) is 132 Å². The van der Waals surface area contributed by atoms with Crippen molar-refractivity contribution in [1.82, 2.24) is 0 Å². The van der Waals surface area contributed by atoms with Gasteiger partial charge in [0.05, 0.1) is 23.9 Å². The second-order valence-corrected chi connectivity index (χ2v) is 11.3. The molecule has 0 saturated heterocycles. The molecule has 1 aliphatic rings. The van der Waals surface area contributed by atoms with E-state index in [1.165, 1.54) is 43.5 Å². The molecule has 10 nitrogen and oxygen atoms in total. The summed E-state index contributed by atoms with van der Waals surface area (Å²) in [6.45, 7) is 0. The largest absolute Gasteiger partial charge is 0.495 e. The third-order valence-corrected chi connectivity index (χ3v) is 7.85. The number of amides is 3. The number of rotatable bonds is 9. The Bertz CT molecular complexity index is 2250. The molecule has 0 saturated carbocycles. The number of alkyl halides is 3. The number of halogens is 3. The van der Waals surface area contributed by atoms with Crippen molar-refractivity contribution in [3.8, 4) is 5.75 Å². The van der Waals surface area contributed by atoms with E-state index in [1.54, 1.807) is 78.9 Å². The van der Waals surface area contributed by atoms with Gasteiger partial charge >= 0.3 is 6.18 Å². The number of fused-ring (bicyclic) bond motifs is 1. The summed E-state index contributed by atoms with van der Waals surface area (Å²) in [7, 11) is 1.38. The highest BCUT2D eigenvalue weighted by Gasteiger charge is 2.31. The normalized spacial score (nSPS) is 13.0. The number of nitrogens with one attached hydrogen (secondary N) is 4. The maximum Gasteiger partial charge on any atom is 0.416 e. The molecule has 260 valence electrons. The number of Topliss-reactive ketones (excluding diaryl/α,β-unsaturated/α-hetero) is 1. The molecule has 0 unspecified atom stereocenters. The number of nitrogens with zero attached hydrogens (tertiary/aromatic N) is 1. The van der Waals surface area contributed by atoms with Gasteiger partial charge in [0.2, 0.25) is 5.78 Å². The molecule has 0 fully saturated rings. The molecule has 6 rings (SSSR count). The van der Waals surface area contributed by atoms with Crippen LogP contribution in [0.3, 0.4) is 0 Å². The Balaban J connectivity index is 1.19. The molecule has 0 heterocycles. The van der Waals surface area contributed by atoms with Crippen LogP contribution in [0.2, 0.25) is 0 Å². The van der Waals surface area contributed by atoms with Gasteiger partial charge in [0.1, 0.15) is 11.5 Å². The van der Waals surface area contributed by atoms with E-state index in [-0.39, 0.29) is 39.9 Å². The Kier molecular flexibility index (Phi) is 9.94. The first kappa shape index (κ1) is 34.8. The fourth-order valence-electron chi connectivity index (χ4n) is 5.25. The predicted octanol–water partition coefficient (Wildman–Crippen LogP) is 7.64. The molecule has 1 aliphatic carbocycles. The standard InChI is InChI=1S/C39H28F3N5O5/c1-52-33-19-14-25(37(50)45-29-12-7-11-26(22-29)39(40,41)42)21-32(33)46-47-34-30-13-6-5-10-24(30)20-31(35(34)48)38(51)44-28-17-15-27(16-18-28)43-36(49)23-8-3-2-4-9-23/h2-22,46H,1H3,(H,43,49)(H,44,51)(H,45,50)/b47-34-. The van der Waals surface area contributed by atoms with Crippen molar-refractivity contribution >= 4 is 58.0 Å². The van der Waals surface area contributed by atoms with E-state index >= 15 is 0 Å². The van der Waals surface area contributed by atoms with E-state index in [9.17, 15) is 32.3 Å². The number of hydrazone groups is 1. The number of hydrogen-bond acceptors (Lipinski definition) is 7. The summed E-state index contributed by atoms with van der Waals surface area (Å²) in [5.41, 5.74) is 4.06. The molecular formula is C39H28F3N5O5. The maximum atomic E-state index is 13.8. The Morgan fingerprint density at radius 3 is 1.98 bits per heavy atom. The minimum atomic E-state index is -4.59. The van der Waals surface area contributed by atoms with Gasteiger partial charge in [-0.05, 0) is 84.4 Å². The van der Waals surface area contributed by atoms with Crippen molar-refractivity contribution in [2.75, 3.05) is 28.5 Å². The van der Waals surface area contributed by atoms with Crippen molar-refractivity contribution in [3.63, 3.8) is 0 Å². The molecule has 5 aromatic rings. The molecule has 0 radical (unpaired) electrons. The lowest BCUT2D eigenvalue weighted by molar-refractivity contribution is -0.137. The molecule has 0 spiro atoms. The molecule has 13 heteroatoms. The number of methoxy groups -OCH3 is 1. The Labute approximate surface area is 295 Å². The van der Waals surface area contributed by atoms with E-state index in [0.717, 1.165) is 12.1 Å². The molecule has 4 N–H and O–H groups in total. The van der Waals surface area contributed by atoms with E-state index in [1.807, 2.05) is 0 Å². The van der Waals surface area contributed by atoms with Gasteiger partial charge in [0, 0.05) is 33.8 Å². The number of hydrogen-bond donors (Lipinski definition) is 4. The Hall–Kier alpha value is -7.02. The monoisotopic (exact) mass is 703 g/mol. The third kappa shape index (κ3) is 7.89. The first-order valence-corrected chi connectivity index (χ1v) is 15.6. The first-order chi connectivity index (χ1) is 25.0. The Morgan fingerprint density at radius 1 is 0.654 bits per heavy atom. The summed E-state index contributed by atoms with van der Waals surface area (Å²) in [4.78, 5) is 52.7. The molecular weight excluding hydrogens is 675 g/mol. The summed E-state index contributed by atoms with van der Waals surface area (Å²) in [5.74, 6) is -2.14. The van der Waals surface area contributed by atoms with Gasteiger partial charge in [-0.15, -0.1) is 0 Å². The zero-order chi connectivity index (χ0) is 36.8. The van der Waals surface area contributed by atoms with Crippen molar-refractivity contribution in [1.29, 1.82) is 0 Å². The third-order valence-electron chi connectivity index (χ3n) is 7.85. The van der Waals surface area contributed by atoms with Crippen LogP contribution in [0.5, 0.6) is 5.75 Å². The highest BCUT2D eigenvalue weighted by Crippen LogP contribution is 2.32. The van der Waals surface area contributed by atoms with E-state index in [4.69, 9.17) is 4.74 Å². The van der Waals surface area contributed by atoms with E-state index in [2.05, 4.69) is 26.5 Å². The van der Waals surface area contributed by atoms with Crippen molar-refractivity contribution < 1.29 is 37.1 Å². The fraction of sp³-hybridized carbons (Fsp3) is 0.0513. The van der Waals surface area contributed by atoms with Gasteiger partial charge < -0.3 is 20.7 Å². The topological polar surface area (TPSA) is 138 Å². The van der Waals surface area contributed by atoms with E-state index in [0.29, 0.717) is 28.1 Å². The zero-order valence-electron chi connectivity index (χ0n) is 27.2.